The molecule has 0 bridgehead atoms. The summed E-state index contributed by atoms with van der Waals surface area (Å²) in [6.45, 7) is 1.75. The van der Waals surface area contributed by atoms with E-state index >= 15 is 0 Å². The lowest BCUT2D eigenvalue weighted by Gasteiger charge is -2.13. The molecule has 0 atom stereocenters. The summed E-state index contributed by atoms with van der Waals surface area (Å²) in [5.41, 5.74) is 0.897. The maximum absolute atomic E-state index is 13.8. The molecule has 0 radical (unpaired) electrons. The van der Waals surface area contributed by atoms with Crippen LogP contribution >= 0.6 is 24.0 Å². The van der Waals surface area contributed by atoms with Gasteiger partial charge >= 0.3 is 0 Å². The van der Waals surface area contributed by atoms with Gasteiger partial charge in [-0.1, -0.05) is 60.4 Å². The second-order valence-corrected chi connectivity index (χ2v) is 10.9. The number of methoxy groups -OCH3 is 1. The minimum absolute atomic E-state index is 0.0108. The molecule has 3 aromatic heterocycles. The summed E-state index contributed by atoms with van der Waals surface area (Å²) < 4.78 is 16.2. The number of nitrogens with zero attached hydrogens (tertiary/aromatic N) is 5. The van der Waals surface area contributed by atoms with Crippen LogP contribution in [0.1, 0.15) is 11.3 Å². The molecule has 42 heavy (non-hydrogen) atoms. The van der Waals surface area contributed by atoms with Crippen LogP contribution in [0.15, 0.2) is 93.5 Å². The molecule has 1 saturated heterocycles. The first kappa shape index (κ1) is 27.2. The van der Waals surface area contributed by atoms with Crippen molar-refractivity contribution in [2.24, 2.45) is 7.05 Å². The Morgan fingerprint density at radius 1 is 0.905 bits per heavy atom. The number of amides is 1. The molecule has 0 saturated carbocycles. The average Bonchev–Trinajstić information content (AvgIpc) is 3.39. The first-order chi connectivity index (χ1) is 20.3. The van der Waals surface area contributed by atoms with E-state index in [-0.39, 0.29) is 26.4 Å². The molecule has 1 fully saturated rings. The fourth-order valence-corrected chi connectivity index (χ4v) is 5.95. The lowest BCUT2D eigenvalue weighted by molar-refractivity contribution is -0.113. The van der Waals surface area contributed by atoms with Crippen LogP contribution in [0.25, 0.3) is 17.4 Å². The number of pyridine rings is 1. The van der Waals surface area contributed by atoms with Crippen LogP contribution in [0, 0.1) is 6.92 Å². The number of carbonyl (C=O) groups is 1. The molecular weight excluding hydrogens is 574 g/mol. The maximum Gasteiger partial charge on any atom is 0.296 e. The van der Waals surface area contributed by atoms with E-state index < -0.39 is 17.0 Å². The Hall–Kier alpha value is -4.94. The van der Waals surface area contributed by atoms with Crippen LogP contribution in [-0.4, -0.2) is 36.1 Å². The van der Waals surface area contributed by atoms with E-state index in [4.69, 9.17) is 21.7 Å². The van der Waals surface area contributed by atoms with Crippen molar-refractivity contribution in [2.45, 2.75) is 6.92 Å². The largest absolute Gasteiger partial charge is 0.493 e. The summed E-state index contributed by atoms with van der Waals surface area (Å²) in [6, 6.07) is 21.2. The Bertz CT molecular complexity index is 2050. The van der Waals surface area contributed by atoms with Crippen molar-refractivity contribution >= 4 is 51.6 Å². The lowest BCUT2D eigenvalue weighted by atomic mass is 10.2. The van der Waals surface area contributed by atoms with Gasteiger partial charge in [0.15, 0.2) is 15.8 Å². The molecule has 0 unspecified atom stereocenters. The van der Waals surface area contributed by atoms with E-state index in [9.17, 15) is 14.4 Å². The van der Waals surface area contributed by atoms with Crippen molar-refractivity contribution in [3.8, 4) is 23.1 Å². The predicted octanol–water partition coefficient (Wildman–Crippen LogP) is 4.70. The Balaban J connectivity index is 1.47. The predicted molar refractivity (Wildman–Crippen MR) is 166 cm³/mol. The van der Waals surface area contributed by atoms with Crippen LogP contribution in [0.5, 0.6) is 17.4 Å². The maximum atomic E-state index is 13.8. The second-order valence-electron chi connectivity index (χ2n) is 9.24. The summed E-state index contributed by atoms with van der Waals surface area (Å²) in [5.74, 6) is 0.245. The number of benzene rings is 2. The van der Waals surface area contributed by atoms with E-state index in [2.05, 4.69) is 4.98 Å². The topological polar surface area (TPSA) is 100 Å². The highest BCUT2D eigenvalue weighted by Gasteiger charge is 2.38. The summed E-state index contributed by atoms with van der Waals surface area (Å²) in [6.07, 6.45) is 2.99. The zero-order valence-electron chi connectivity index (χ0n) is 22.7. The number of aromatic nitrogens is 4. The van der Waals surface area contributed by atoms with Crippen molar-refractivity contribution in [1.29, 1.82) is 0 Å². The summed E-state index contributed by atoms with van der Waals surface area (Å²) in [5, 5.41) is 0. The normalized spacial score (nSPS) is 14.3. The number of para-hydroxylation sites is 3. The number of rotatable bonds is 6. The first-order valence-corrected chi connectivity index (χ1v) is 14.0. The number of ether oxygens (including phenoxy) is 2. The van der Waals surface area contributed by atoms with Gasteiger partial charge in [0, 0.05) is 13.2 Å². The van der Waals surface area contributed by atoms with E-state index in [0.717, 1.165) is 11.8 Å². The SMILES string of the molecule is COc1ccccc1Oc1nc2ccccn2c(=O)c1/C=C1/SC(=S)N(c2c(C)n(C)n(-c3ccccc3)c2=O)C1=O. The molecule has 0 aliphatic carbocycles. The summed E-state index contributed by atoms with van der Waals surface area (Å²) in [4.78, 5) is 47.1. The Labute approximate surface area is 249 Å². The van der Waals surface area contributed by atoms with E-state index in [0.29, 0.717) is 28.5 Å². The lowest BCUT2D eigenvalue weighted by Crippen LogP contribution is -2.33. The third kappa shape index (κ3) is 4.50. The van der Waals surface area contributed by atoms with Crippen molar-refractivity contribution in [3.05, 3.63) is 116 Å². The van der Waals surface area contributed by atoms with Gasteiger partial charge in [-0.3, -0.25) is 28.4 Å². The molecule has 0 spiro atoms. The smallest absolute Gasteiger partial charge is 0.296 e. The highest BCUT2D eigenvalue weighted by Crippen LogP contribution is 2.38. The van der Waals surface area contributed by atoms with Crippen LogP contribution < -0.4 is 25.5 Å². The highest BCUT2D eigenvalue weighted by atomic mass is 32.2. The number of carbonyl (C=O) groups excluding carboxylic acids is 1. The van der Waals surface area contributed by atoms with E-state index in [1.54, 1.807) is 79.4 Å². The molecule has 6 rings (SSSR count). The molecule has 2 aromatic carbocycles. The standard InChI is InChI=1S/C30H23N5O5S2/c1-18-25(29(38)35(32(18)2)19-11-5-4-6-12-19)34-28(37)23(42-30(34)41)17-20-26(40-22-14-8-7-13-21(22)39-3)31-24-15-9-10-16-33(24)27(20)36/h4-17H,1-3H3/b23-17+. The number of thiocarbonyl (C=S) groups is 1. The van der Waals surface area contributed by atoms with Crippen LogP contribution in [-0.2, 0) is 11.8 Å². The molecule has 210 valence electrons. The molecule has 10 nitrogen and oxygen atoms in total. The Morgan fingerprint density at radius 3 is 2.33 bits per heavy atom. The van der Waals surface area contributed by atoms with Gasteiger partial charge in [0.2, 0.25) is 5.88 Å². The Morgan fingerprint density at radius 2 is 1.60 bits per heavy atom. The van der Waals surface area contributed by atoms with Gasteiger partial charge in [-0.15, -0.1) is 0 Å². The fraction of sp³-hybridized carbons (Fsp3) is 0.100. The number of fused-ring (bicyclic) bond motifs is 1. The third-order valence-electron chi connectivity index (χ3n) is 6.83. The molecule has 1 aliphatic heterocycles. The monoisotopic (exact) mass is 597 g/mol. The van der Waals surface area contributed by atoms with E-state index in [1.807, 2.05) is 18.2 Å². The molecule has 1 amide bonds. The van der Waals surface area contributed by atoms with Crippen LogP contribution in [0.2, 0.25) is 0 Å². The van der Waals surface area contributed by atoms with Gasteiger partial charge in [0.05, 0.1) is 23.4 Å². The van der Waals surface area contributed by atoms with Crippen molar-refractivity contribution < 1.29 is 14.3 Å². The summed E-state index contributed by atoms with van der Waals surface area (Å²) >= 11 is 6.58. The van der Waals surface area contributed by atoms with Gasteiger partial charge in [-0.2, -0.15) is 4.98 Å². The van der Waals surface area contributed by atoms with Gasteiger partial charge in [-0.25, -0.2) is 4.68 Å². The van der Waals surface area contributed by atoms with Crippen molar-refractivity contribution in [1.82, 2.24) is 18.7 Å². The minimum Gasteiger partial charge on any atom is -0.493 e. The molecule has 12 heteroatoms. The third-order valence-corrected chi connectivity index (χ3v) is 8.13. The number of thioether (sulfide) groups is 1. The number of hydrogen-bond donors (Lipinski definition) is 0. The van der Waals surface area contributed by atoms with Crippen LogP contribution in [0.4, 0.5) is 5.69 Å². The van der Waals surface area contributed by atoms with E-state index in [1.165, 1.54) is 27.2 Å². The molecule has 0 N–H and O–H groups in total. The highest BCUT2D eigenvalue weighted by molar-refractivity contribution is 8.27. The van der Waals surface area contributed by atoms with Gasteiger partial charge in [0.1, 0.15) is 16.9 Å². The molecule has 1 aliphatic rings. The van der Waals surface area contributed by atoms with Crippen LogP contribution in [0.3, 0.4) is 0 Å². The Kier molecular flexibility index (Phi) is 7.01. The molecule has 4 heterocycles. The molecular formula is C30H23N5O5S2. The number of hydrogen-bond acceptors (Lipinski definition) is 8. The van der Waals surface area contributed by atoms with Gasteiger partial charge in [-0.05, 0) is 49.4 Å². The average molecular weight is 598 g/mol. The minimum atomic E-state index is -0.531. The molecule has 5 aromatic rings. The fourth-order valence-electron chi connectivity index (χ4n) is 4.69. The zero-order chi connectivity index (χ0) is 29.5. The van der Waals surface area contributed by atoms with Gasteiger partial charge < -0.3 is 9.47 Å². The first-order valence-electron chi connectivity index (χ1n) is 12.7. The quantitative estimate of drug-likeness (QED) is 0.205. The second kappa shape index (κ2) is 10.8. The van der Waals surface area contributed by atoms with Crippen molar-refractivity contribution in [3.63, 3.8) is 0 Å². The summed E-state index contributed by atoms with van der Waals surface area (Å²) in [7, 11) is 3.25. The van der Waals surface area contributed by atoms with Gasteiger partial charge in [0.25, 0.3) is 17.0 Å². The van der Waals surface area contributed by atoms with Crippen molar-refractivity contribution in [2.75, 3.05) is 12.0 Å². The zero-order valence-corrected chi connectivity index (χ0v) is 24.3. The number of anilines is 1.